The second kappa shape index (κ2) is 9.12. The van der Waals surface area contributed by atoms with Crippen LogP contribution in [0, 0.1) is 0 Å². The van der Waals surface area contributed by atoms with Crippen molar-refractivity contribution in [3.63, 3.8) is 0 Å². The van der Waals surface area contributed by atoms with E-state index in [0.717, 1.165) is 11.1 Å². The van der Waals surface area contributed by atoms with Crippen LogP contribution in [0.15, 0.2) is 48.5 Å². The molecule has 2 aromatic rings. The highest BCUT2D eigenvalue weighted by Crippen LogP contribution is 2.43. The number of fused-ring (bicyclic) bond motifs is 3. The van der Waals surface area contributed by atoms with Gasteiger partial charge >= 0.3 is 0 Å². The molecule has 1 N–H and O–H groups in total. The highest BCUT2D eigenvalue weighted by Gasteiger charge is 2.52. The molecule has 1 atom stereocenters. The number of ether oxygens (including phenoxy) is 1. The van der Waals surface area contributed by atoms with Gasteiger partial charge in [0.1, 0.15) is 5.66 Å². The molecule has 0 aliphatic carbocycles. The maximum absolute atomic E-state index is 13.3. The molecule has 3 amide bonds. The molecule has 0 spiro atoms. The average Bonchev–Trinajstić information content (AvgIpc) is 3.11. The van der Waals surface area contributed by atoms with E-state index < -0.39 is 5.66 Å². The van der Waals surface area contributed by atoms with Gasteiger partial charge in [-0.05, 0) is 43.5 Å². The Kier molecular flexibility index (Phi) is 6.28. The van der Waals surface area contributed by atoms with Crippen molar-refractivity contribution in [3.05, 3.63) is 65.2 Å². The van der Waals surface area contributed by atoms with E-state index >= 15 is 0 Å². The maximum Gasteiger partial charge on any atom is 0.257 e. The molecule has 1 fully saturated rings. The molecule has 2 aromatic carbocycles. The molecule has 0 radical (unpaired) electrons. The van der Waals surface area contributed by atoms with Crippen LogP contribution in [0.25, 0.3) is 0 Å². The predicted octanol–water partition coefficient (Wildman–Crippen LogP) is 3.23. The highest BCUT2D eigenvalue weighted by atomic mass is 16.5. The minimum atomic E-state index is -0.743. The van der Waals surface area contributed by atoms with Crippen LogP contribution in [0.4, 0.5) is 5.69 Å². The summed E-state index contributed by atoms with van der Waals surface area (Å²) in [6.07, 6.45) is 1.11. The zero-order valence-electron chi connectivity index (χ0n) is 18.6. The Morgan fingerprint density at radius 1 is 1.09 bits per heavy atom. The fraction of sp³-hybridized carbons (Fsp3) is 0.400. The first-order valence-corrected chi connectivity index (χ1v) is 11.1. The van der Waals surface area contributed by atoms with Crippen molar-refractivity contribution >= 4 is 23.4 Å². The van der Waals surface area contributed by atoms with Crippen LogP contribution < -0.4 is 10.2 Å². The third-order valence-corrected chi connectivity index (χ3v) is 6.36. The van der Waals surface area contributed by atoms with Crippen molar-refractivity contribution in [3.8, 4) is 0 Å². The molecule has 2 aliphatic heterocycles. The zero-order valence-corrected chi connectivity index (χ0v) is 18.6. The van der Waals surface area contributed by atoms with Crippen molar-refractivity contribution in [2.75, 3.05) is 18.1 Å². The Balaban J connectivity index is 1.43. The second-order valence-corrected chi connectivity index (χ2v) is 8.35. The lowest BCUT2D eigenvalue weighted by Gasteiger charge is -2.48. The monoisotopic (exact) mass is 435 g/mol. The lowest BCUT2D eigenvalue weighted by Crippen LogP contribution is -2.62. The Labute approximate surface area is 188 Å². The van der Waals surface area contributed by atoms with Crippen LogP contribution >= 0.6 is 0 Å². The van der Waals surface area contributed by atoms with E-state index in [-0.39, 0.29) is 30.7 Å². The van der Waals surface area contributed by atoms with Crippen LogP contribution in [-0.4, -0.2) is 41.4 Å². The topological polar surface area (TPSA) is 79.0 Å². The van der Waals surface area contributed by atoms with Crippen molar-refractivity contribution < 1.29 is 19.1 Å². The molecule has 4 rings (SSSR count). The largest absolute Gasteiger partial charge is 0.377 e. The van der Waals surface area contributed by atoms with Gasteiger partial charge in [0.2, 0.25) is 11.8 Å². The number of carbonyl (C=O) groups excluding carboxylic acids is 3. The first-order valence-electron chi connectivity index (χ1n) is 11.1. The van der Waals surface area contributed by atoms with E-state index in [9.17, 15) is 14.4 Å². The number of hydrogen-bond acceptors (Lipinski definition) is 4. The molecule has 2 aliphatic rings. The van der Waals surface area contributed by atoms with Crippen molar-refractivity contribution in [1.29, 1.82) is 0 Å². The molecule has 2 heterocycles. The Bertz CT molecular complexity index is 1040. The van der Waals surface area contributed by atoms with Crippen LogP contribution in [0.1, 0.15) is 54.6 Å². The van der Waals surface area contributed by atoms with Gasteiger partial charge in [0.25, 0.3) is 5.91 Å². The Morgan fingerprint density at radius 2 is 1.81 bits per heavy atom. The third kappa shape index (κ3) is 4.00. The van der Waals surface area contributed by atoms with Crippen LogP contribution in [0.2, 0.25) is 0 Å². The molecule has 7 nitrogen and oxygen atoms in total. The van der Waals surface area contributed by atoms with E-state index in [1.807, 2.05) is 50.2 Å². The Morgan fingerprint density at radius 3 is 2.59 bits per heavy atom. The second-order valence-electron chi connectivity index (χ2n) is 8.35. The molecule has 7 heteroatoms. The van der Waals surface area contributed by atoms with Gasteiger partial charge in [-0.2, -0.15) is 0 Å². The normalized spacial score (nSPS) is 19.7. The smallest absolute Gasteiger partial charge is 0.257 e. The summed E-state index contributed by atoms with van der Waals surface area (Å²) in [5.74, 6) is -0.265. The number of para-hydroxylation sites is 1. The summed E-state index contributed by atoms with van der Waals surface area (Å²) in [5.41, 5.74) is 2.48. The molecule has 1 unspecified atom stereocenters. The number of rotatable bonds is 8. The first-order chi connectivity index (χ1) is 15.5. The minimum Gasteiger partial charge on any atom is -0.377 e. The van der Waals surface area contributed by atoms with Gasteiger partial charge in [-0.3, -0.25) is 19.3 Å². The quantitative estimate of drug-likeness (QED) is 0.691. The average molecular weight is 436 g/mol. The minimum absolute atomic E-state index is 0.00723. The molecular weight excluding hydrogens is 406 g/mol. The van der Waals surface area contributed by atoms with Gasteiger partial charge in [-0.15, -0.1) is 0 Å². The van der Waals surface area contributed by atoms with Crippen molar-refractivity contribution in [2.45, 2.75) is 51.9 Å². The fourth-order valence-electron chi connectivity index (χ4n) is 4.62. The van der Waals surface area contributed by atoms with Crippen LogP contribution in [0.3, 0.4) is 0 Å². The van der Waals surface area contributed by atoms with Crippen molar-refractivity contribution in [2.24, 2.45) is 0 Å². The lowest BCUT2D eigenvalue weighted by molar-refractivity contribution is -0.121. The number of nitrogens with zero attached hydrogens (tertiary/aromatic N) is 2. The van der Waals surface area contributed by atoms with E-state index in [4.69, 9.17) is 4.74 Å². The lowest BCUT2D eigenvalue weighted by atomic mass is 9.98. The predicted molar refractivity (Wildman–Crippen MR) is 121 cm³/mol. The van der Waals surface area contributed by atoms with Gasteiger partial charge < -0.3 is 15.0 Å². The van der Waals surface area contributed by atoms with Gasteiger partial charge in [0.05, 0.1) is 17.9 Å². The third-order valence-electron chi connectivity index (χ3n) is 6.36. The number of anilines is 1. The molecular formula is C25H29N3O4. The molecule has 0 aromatic heterocycles. The number of benzene rings is 2. The SMILES string of the molecule is CCOCc1ccccc1CNC(=O)CCN1C(=O)c2ccccc2N2C(=O)CCC12C. The van der Waals surface area contributed by atoms with Gasteiger partial charge in [0.15, 0.2) is 0 Å². The van der Waals surface area contributed by atoms with E-state index in [1.54, 1.807) is 21.9 Å². The fourth-order valence-corrected chi connectivity index (χ4v) is 4.62. The molecule has 0 saturated carbocycles. The summed E-state index contributed by atoms with van der Waals surface area (Å²) in [6, 6.07) is 15.1. The van der Waals surface area contributed by atoms with Crippen molar-refractivity contribution in [1.82, 2.24) is 10.2 Å². The van der Waals surface area contributed by atoms with E-state index in [0.29, 0.717) is 43.9 Å². The number of carbonyl (C=O) groups is 3. The van der Waals surface area contributed by atoms with Gasteiger partial charge in [-0.25, -0.2) is 0 Å². The maximum atomic E-state index is 13.3. The van der Waals surface area contributed by atoms with E-state index in [1.165, 1.54) is 0 Å². The highest BCUT2D eigenvalue weighted by molar-refractivity contribution is 6.10. The van der Waals surface area contributed by atoms with Gasteiger partial charge in [0, 0.05) is 32.5 Å². The van der Waals surface area contributed by atoms with Crippen LogP contribution in [0.5, 0.6) is 0 Å². The van der Waals surface area contributed by atoms with Crippen LogP contribution in [-0.2, 0) is 27.5 Å². The summed E-state index contributed by atoms with van der Waals surface area (Å²) in [5, 5.41) is 2.96. The number of hydrogen-bond donors (Lipinski definition) is 1. The standard InChI is InChI=1S/C25H29N3O4/c1-3-32-17-19-9-5-4-8-18(19)16-26-22(29)13-15-27-24(31)20-10-6-7-11-21(20)28-23(30)12-14-25(27,28)2/h4-11H,3,12-17H2,1-2H3,(H,26,29). The molecule has 0 bridgehead atoms. The van der Waals surface area contributed by atoms with E-state index in [2.05, 4.69) is 5.32 Å². The molecule has 168 valence electrons. The summed E-state index contributed by atoms with van der Waals surface area (Å²) >= 11 is 0. The molecule has 32 heavy (non-hydrogen) atoms. The summed E-state index contributed by atoms with van der Waals surface area (Å²) in [4.78, 5) is 41.9. The summed E-state index contributed by atoms with van der Waals surface area (Å²) in [7, 11) is 0. The summed E-state index contributed by atoms with van der Waals surface area (Å²) < 4.78 is 5.51. The first kappa shape index (κ1) is 22.0. The number of nitrogens with one attached hydrogen (secondary N) is 1. The van der Waals surface area contributed by atoms with Gasteiger partial charge in [-0.1, -0.05) is 36.4 Å². The Hall–Kier alpha value is -3.19. The zero-order chi connectivity index (χ0) is 22.7. The summed E-state index contributed by atoms with van der Waals surface area (Å²) in [6.45, 7) is 5.65. The number of amides is 3. The molecule has 1 saturated heterocycles.